The first-order valence-corrected chi connectivity index (χ1v) is 46.0. The molecule has 0 bridgehead atoms. The second kappa shape index (κ2) is 30.8. The maximum absolute atomic E-state index is 15.6. The molecule has 6 nitrogen and oxygen atoms in total. The van der Waals surface area contributed by atoms with Gasteiger partial charge in [0.2, 0.25) is 0 Å². The van der Waals surface area contributed by atoms with Crippen LogP contribution >= 0.6 is 68.0 Å². The van der Waals surface area contributed by atoms with Gasteiger partial charge in [0.05, 0.1) is 36.9 Å². The van der Waals surface area contributed by atoms with Crippen molar-refractivity contribution < 1.29 is 19.2 Å². The van der Waals surface area contributed by atoms with Crippen molar-refractivity contribution in [1.82, 2.24) is 9.80 Å². The SMILES string of the molecule is CCCCCCCCN1C(=O)c2c(C)sc(-c3cc4c(s3)-c3sc(-c5sc(-c6cc7c(s6)-c6sc(C)cc6[Si]7(CCCCCCCC)C6CCCCC6)c6c5C(=O)N(CCCCCCCC)C6=O)cc3[Si]4(CC(CC)CCCC)CC(CC)CCCC)c2C1=O. The fraction of sp³-hybridized carbons (Fsp3) is 0.632. The molecule has 0 saturated heterocycles. The molecular weight excluding hydrogens is 1250 g/mol. The highest BCUT2D eigenvalue weighted by molar-refractivity contribution is 7.35. The molecule has 1 saturated carbocycles. The van der Waals surface area contributed by atoms with E-state index in [1.807, 2.05) is 45.3 Å². The van der Waals surface area contributed by atoms with E-state index in [1.54, 1.807) is 53.2 Å². The Kier molecular flexibility index (Phi) is 23.3. The third-order valence-electron chi connectivity index (χ3n) is 22.0. The summed E-state index contributed by atoms with van der Waals surface area (Å²) in [6.45, 7) is 21.7. The molecule has 4 aliphatic heterocycles. The van der Waals surface area contributed by atoms with Crippen molar-refractivity contribution >= 4 is 129 Å². The molecule has 0 N–H and O–H groups in total. The molecule has 6 aromatic rings. The number of unbranched alkanes of at least 4 members (excludes halogenated alkanes) is 17. The van der Waals surface area contributed by atoms with Crippen LogP contribution in [-0.2, 0) is 0 Å². The Morgan fingerprint density at radius 1 is 0.411 bits per heavy atom. The van der Waals surface area contributed by atoms with Crippen LogP contribution in [0, 0.1) is 25.7 Å². The summed E-state index contributed by atoms with van der Waals surface area (Å²) in [5.74, 6) is 0.783. The van der Waals surface area contributed by atoms with E-state index in [9.17, 15) is 9.59 Å². The average Bonchev–Trinajstić information content (AvgIpc) is 1.54. The lowest BCUT2D eigenvalue weighted by molar-refractivity contribution is 0.0636. The molecule has 3 atom stereocenters. The molecule has 1 fully saturated rings. The number of rotatable bonds is 37. The number of carbonyl (C=O) groups is 4. The zero-order valence-electron chi connectivity index (χ0n) is 56.5. The molecule has 0 radical (unpaired) electrons. The average molecular weight is 1360 g/mol. The highest BCUT2D eigenvalue weighted by Crippen LogP contribution is 2.57. The van der Waals surface area contributed by atoms with Crippen molar-refractivity contribution in [3.63, 3.8) is 0 Å². The summed E-state index contributed by atoms with van der Waals surface area (Å²) in [5, 5.41) is 6.50. The zero-order valence-corrected chi connectivity index (χ0v) is 63.4. The standard InChI is InChI=1S/C76H106N2O4S6Si2/c1-10-17-22-25-28-34-41-77-73(79)62-51(9)84-66(63(62)74(77)80)55-45-58-69(85-55)70-59(89(58,48-52(15-6)37-20-13-4)49-53(16-7)38-21-14-5)46-56(86-70)67-64-65(76(82)78(75(64)81)42-35-29-26-23-18-11-2)68(88-67)57-47-61-72(87-57)71-60(44-50(8)83-71)90(61,54-39-32-31-33-40-54)43-36-30-27-24-19-12-3/h44-47,52-54H,10-43,48-49H2,1-9H3. The lowest BCUT2D eigenvalue weighted by Gasteiger charge is -2.39. The van der Waals surface area contributed by atoms with Crippen molar-refractivity contribution in [1.29, 1.82) is 0 Å². The quantitative estimate of drug-likeness (QED) is 0.0221. The first-order chi connectivity index (χ1) is 43.8. The summed E-state index contributed by atoms with van der Waals surface area (Å²) in [6.07, 6.45) is 37.4. The second-order valence-corrected chi connectivity index (χ2v) is 43.2. The minimum absolute atomic E-state index is 0.0797. The van der Waals surface area contributed by atoms with E-state index in [0.29, 0.717) is 47.2 Å². The van der Waals surface area contributed by atoms with Gasteiger partial charge in [-0.3, -0.25) is 29.0 Å². The number of imide groups is 2. The summed E-state index contributed by atoms with van der Waals surface area (Å²) in [7, 11) is -4.80. The van der Waals surface area contributed by atoms with Gasteiger partial charge in [-0.15, -0.1) is 68.0 Å². The third kappa shape index (κ3) is 13.1. The molecule has 5 aliphatic rings. The smallest absolute Gasteiger partial charge is 0.263 e. The molecule has 90 heavy (non-hydrogen) atoms. The Hall–Kier alpha value is -3.09. The number of carbonyl (C=O) groups excluding carboxylic acids is 4. The molecule has 0 aromatic carbocycles. The minimum Gasteiger partial charge on any atom is -0.274 e. The van der Waals surface area contributed by atoms with Crippen LogP contribution in [0.4, 0.5) is 0 Å². The van der Waals surface area contributed by atoms with E-state index in [2.05, 4.69) is 86.6 Å². The van der Waals surface area contributed by atoms with Crippen molar-refractivity contribution in [3.8, 4) is 48.8 Å². The van der Waals surface area contributed by atoms with E-state index in [-0.39, 0.29) is 23.6 Å². The van der Waals surface area contributed by atoms with Gasteiger partial charge in [-0.1, -0.05) is 235 Å². The molecule has 3 unspecified atom stereocenters. The van der Waals surface area contributed by atoms with E-state index in [1.165, 1.54) is 195 Å². The fourth-order valence-electron chi connectivity index (χ4n) is 17.0. The molecule has 488 valence electrons. The molecule has 14 heteroatoms. The van der Waals surface area contributed by atoms with Gasteiger partial charge in [0.25, 0.3) is 23.6 Å². The van der Waals surface area contributed by atoms with Gasteiger partial charge >= 0.3 is 0 Å². The Morgan fingerprint density at radius 3 is 1.28 bits per heavy atom. The van der Waals surface area contributed by atoms with Gasteiger partial charge in [-0.2, -0.15) is 0 Å². The largest absolute Gasteiger partial charge is 0.274 e. The number of amides is 4. The Labute approximate surface area is 567 Å². The van der Waals surface area contributed by atoms with Crippen molar-refractivity contribution in [2.24, 2.45) is 11.8 Å². The number of fused-ring (bicyclic) bond motifs is 8. The van der Waals surface area contributed by atoms with Crippen LogP contribution < -0.4 is 20.7 Å². The van der Waals surface area contributed by atoms with Crippen molar-refractivity contribution in [2.45, 2.75) is 285 Å². The van der Waals surface area contributed by atoms with Crippen molar-refractivity contribution in [2.75, 3.05) is 13.1 Å². The second-order valence-electron chi connectivity index (χ2n) is 28.1. The molecule has 1 aliphatic carbocycles. The predicted molar refractivity (Wildman–Crippen MR) is 399 cm³/mol. The van der Waals surface area contributed by atoms with Crippen LogP contribution in [0.25, 0.3) is 48.8 Å². The molecular formula is C76H106N2O4S6Si2. The number of hydrogen-bond acceptors (Lipinski definition) is 10. The van der Waals surface area contributed by atoms with Gasteiger partial charge in [0, 0.05) is 57.0 Å². The van der Waals surface area contributed by atoms with E-state index >= 15 is 9.59 Å². The summed E-state index contributed by atoms with van der Waals surface area (Å²) in [6, 6.07) is 14.1. The van der Waals surface area contributed by atoms with E-state index in [0.717, 1.165) is 86.2 Å². The monoisotopic (exact) mass is 1360 g/mol. The predicted octanol–water partition coefficient (Wildman–Crippen LogP) is 22.8. The summed E-state index contributed by atoms with van der Waals surface area (Å²) < 4.78 is 0. The molecule has 4 amide bonds. The zero-order chi connectivity index (χ0) is 63.3. The van der Waals surface area contributed by atoms with Crippen LogP contribution in [0.3, 0.4) is 0 Å². The summed E-state index contributed by atoms with van der Waals surface area (Å²) in [5.41, 5.74) is 3.34. The Balaban J connectivity index is 1.06. The molecule has 10 heterocycles. The third-order valence-corrected chi connectivity index (χ3v) is 41.6. The normalized spacial score (nSPS) is 19.2. The van der Waals surface area contributed by atoms with Crippen LogP contribution in [0.5, 0.6) is 0 Å². The maximum Gasteiger partial charge on any atom is 0.263 e. The first kappa shape index (κ1) is 68.3. The van der Waals surface area contributed by atoms with E-state index < -0.39 is 16.1 Å². The van der Waals surface area contributed by atoms with Gasteiger partial charge in [-0.05, 0) is 107 Å². The Bertz CT molecular complexity index is 3470. The number of hydrogen-bond donors (Lipinski definition) is 0. The highest BCUT2D eigenvalue weighted by atomic mass is 32.1. The topological polar surface area (TPSA) is 74.8 Å². The number of thiophene rings is 6. The van der Waals surface area contributed by atoms with Crippen molar-refractivity contribution in [3.05, 3.63) is 56.3 Å². The lowest BCUT2D eigenvalue weighted by atomic mass is 10.0. The van der Waals surface area contributed by atoms with Crippen LogP contribution in [0.2, 0.25) is 23.7 Å². The van der Waals surface area contributed by atoms with Gasteiger partial charge in [0.15, 0.2) is 0 Å². The highest BCUT2D eigenvalue weighted by Gasteiger charge is 2.55. The molecule has 6 aromatic heterocycles. The van der Waals surface area contributed by atoms with Crippen LogP contribution in [0.1, 0.15) is 299 Å². The first-order valence-electron chi connectivity index (χ1n) is 36.4. The van der Waals surface area contributed by atoms with Crippen LogP contribution in [0.15, 0.2) is 24.3 Å². The minimum atomic E-state index is -2.59. The molecule has 0 spiro atoms. The number of nitrogens with zero attached hydrogens (tertiary/aromatic N) is 2. The number of aryl methyl sites for hydroxylation is 2. The summed E-state index contributed by atoms with van der Waals surface area (Å²) >= 11 is 11.2. The van der Waals surface area contributed by atoms with Crippen LogP contribution in [-0.4, -0.2) is 62.7 Å². The molecule has 11 rings (SSSR count). The van der Waals surface area contributed by atoms with Gasteiger partial charge in [0.1, 0.15) is 16.1 Å². The Morgan fingerprint density at radius 2 is 0.800 bits per heavy atom. The van der Waals surface area contributed by atoms with E-state index in [4.69, 9.17) is 0 Å². The van der Waals surface area contributed by atoms with Gasteiger partial charge < -0.3 is 0 Å². The van der Waals surface area contributed by atoms with Gasteiger partial charge in [-0.25, -0.2) is 0 Å². The summed E-state index contributed by atoms with van der Waals surface area (Å²) in [4.78, 5) is 78.2. The maximum atomic E-state index is 15.6. The lowest BCUT2D eigenvalue weighted by Crippen LogP contribution is -2.58. The fourth-order valence-corrected chi connectivity index (χ4v) is 40.4.